The van der Waals surface area contributed by atoms with Gasteiger partial charge in [0.1, 0.15) is 0 Å². The van der Waals surface area contributed by atoms with Gasteiger partial charge in [-0.1, -0.05) is 20.8 Å². The van der Waals surface area contributed by atoms with Crippen molar-refractivity contribution in [3.05, 3.63) is 0 Å². The summed E-state index contributed by atoms with van der Waals surface area (Å²) < 4.78 is 11.3. The maximum absolute atomic E-state index is 11.3. The summed E-state index contributed by atoms with van der Waals surface area (Å²) in [5, 5.41) is 3.56. The van der Waals surface area contributed by atoms with Gasteiger partial charge < -0.3 is 5.32 Å². The molecule has 0 aromatic carbocycles. The summed E-state index contributed by atoms with van der Waals surface area (Å²) >= 11 is 2.03. The van der Waals surface area contributed by atoms with Crippen molar-refractivity contribution in [2.45, 2.75) is 33.2 Å². The number of rotatable bonds is 5. The van der Waals surface area contributed by atoms with Crippen molar-refractivity contribution in [3.8, 4) is 0 Å². The Labute approximate surface area is 100 Å². The summed E-state index contributed by atoms with van der Waals surface area (Å²) in [5.41, 5.74) is 0.402. The van der Waals surface area contributed by atoms with Crippen molar-refractivity contribution in [2.75, 3.05) is 29.6 Å². The van der Waals surface area contributed by atoms with Crippen LogP contribution in [0.4, 0.5) is 0 Å². The van der Waals surface area contributed by atoms with E-state index in [9.17, 15) is 4.21 Å². The fourth-order valence-corrected chi connectivity index (χ4v) is 4.04. The molecule has 2 unspecified atom stereocenters. The minimum atomic E-state index is -0.625. The van der Waals surface area contributed by atoms with E-state index in [0.717, 1.165) is 18.1 Å². The number of nitrogens with one attached hydrogen (secondary N) is 1. The van der Waals surface area contributed by atoms with Crippen LogP contribution in [0, 0.1) is 5.41 Å². The van der Waals surface area contributed by atoms with Crippen LogP contribution in [0.5, 0.6) is 0 Å². The summed E-state index contributed by atoms with van der Waals surface area (Å²) in [6.07, 6.45) is 1.28. The Balaban J connectivity index is 2.27. The molecule has 1 aliphatic heterocycles. The van der Waals surface area contributed by atoms with Crippen LogP contribution in [0.3, 0.4) is 0 Å². The van der Waals surface area contributed by atoms with Crippen LogP contribution in [-0.4, -0.2) is 39.8 Å². The van der Waals surface area contributed by atoms with Crippen LogP contribution < -0.4 is 5.32 Å². The lowest BCUT2D eigenvalue weighted by Crippen LogP contribution is -2.47. The summed E-state index contributed by atoms with van der Waals surface area (Å²) in [7, 11) is -0.625. The molecular weight excluding hydrogens is 226 g/mol. The predicted octanol–water partition coefficient (Wildman–Crippen LogP) is 1.88. The first-order valence-electron chi connectivity index (χ1n) is 5.72. The highest BCUT2D eigenvalue weighted by molar-refractivity contribution is 7.99. The topological polar surface area (TPSA) is 29.1 Å². The first kappa shape index (κ1) is 13.5. The van der Waals surface area contributed by atoms with Gasteiger partial charge in [0, 0.05) is 40.6 Å². The number of hydrogen-bond acceptors (Lipinski definition) is 3. The summed E-state index contributed by atoms with van der Waals surface area (Å²) in [6, 6.07) is 0.588. The minimum absolute atomic E-state index is 0.402. The highest BCUT2D eigenvalue weighted by atomic mass is 32.2. The Hall–Kier alpha value is 0.460. The lowest BCUT2D eigenvalue weighted by atomic mass is 9.82. The molecule has 1 aliphatic rings. The molecule has 1 N–H and O–H groups in total. The lowest BCUT2D eigenvalue weighted by molar-refractivity contribution is 0.250. The zero-order chi connectivity index (χ0) is 11.3. The minimum Gasteiger partial charge on any atom is -0.312 e. The highest BCUT2D eigenvalue weighted by Crippen LogP contribution is 2.33. The maximum Gasteiger partial charge on any atom is 0.0360 e. The van der Waals surface area contributed by atoms with E-state index in [0.29, 0.717) is 11.5 Å². The fraction of sp³-hybridized carbons (Fsp3) is 1.00. The monoisotopic (exact) mass is 249 g/mol. The van der Waals surface area contributed by atoms with Gasteiger partial charge in [0.25, 0.3) is 0 Å². The van der Waals surface area contributed by atoms with E-state index < -0.39 is 10.8 Å². The molecule has 0 aromatic rings. The van der Waals surface area contributed by atoms with Crippen LogP contribution in [0.2, 0.25) is 0 Å². The molecule has 1 rings (SSSR count). The van der Waals surface area contributed by atoms with E-state index in [1.165, 1.54) is 17.9 Å². The van der Waals surface area contributed by atoms with Gasteiger partial charge in [-0.3, -0.25) is 4.21 Å². The van der Waals surface area contributed by atoms with Crippen LogP contribution in [-0.2, 0) is 10.8 Å². The summed E-state index contributed by atoms with van der Waals surface area (Å²) in [4.78, 5) is 0. The molecule has 0 saturated carbocycles. The van der Waals surface area contributed by atoms with Gasteiger partial charge in [-0.2, -0.15) is 11.8 Å². The second-order valence-electron chi connectivity index (χ2n) is 4.75. The van der Waals surface area contributed by atoms with Crippen molar-refractivity contribution < 1.29 is 4.21 Å². The normalized spacial score (nSPS) is 27.5. The predicted molar refractivity (Wildman–Crippen MR) is 71.1 cm³/mol. The summed E-state index contributed by atoms with van der Waals surface area (Å²) in [5.74, 6) is 4.07. The first-order chi connectivity index (χ1) is 7.06. The number of thioether (sulfide) groups is 1. The third-order valence-corrected chi connectivity index (χ3v) is 5.53. The highest BCUT2D eigenvalue weighted by Gasteiger charge is 2.31. The smallest absolute Gasteiger partial charge is 0.0360 e. The van der Waals surface area contributed by atoms with Gasteiger partial charge in [-0.05, 0) is 17.6 Å². The Morgan fingerprint density at radius 2 is 2.27 bits per heavy atom. The Morgan fingerprint density at radius 1 is 1.53 bits per heavy atom. The van der Waals surface area contributed by atoms with Crippen LogP contribution in [0.1, 0.15) is 27.2 Å². The molecule has 2 atom stereocenters. The van der Waals surface area contributed by atoms with Crippen LogP contribution >= 0.6 is 11.8 Å². The first-order valence-corrected chi connectivity index (χ1v) is 8.36. The van der Waals surface area contributed by atoms with Gasteiger partial charge in [0.2, 0.25) is 0 Å². The molecule has 0 spiro atoms. The Bertz CT molecular complexity index is 219. The van der Waals surface area contributed by atoms with E-state index in [1.807, 2.05) is 18.7 Å². The molecular formula is C11H23NOS2. The molecule has 1 fully saturated rings. The lowest BCUT2D eigenvalue weighted by Gasteiger charge is -2.38. The fourth-order valence-electron chi connectivity index (χ4n) is 1.76. The van der Waals surface area contributed by atoms with E-state index >= 15 is 0 Å². The van der Waals surface area contributed by atoms with Crippen molar-refractivity contribution in [1.82, 2.24) is 5.32 Å². The quantitative estimate of drug-likeness (QED) is 0.806. The van der Waals surface area contributed by atoms with Crippen LogP contribution in [0.25, 0.3) is 0 Å². The largest absolute Gasteiger partial charge is 0.312 e. The molecule has 0 aromatic heterocycles. The molecule has 90 valence electrons. The Kier molecular flexibility index (Phi) is 5.64. The van der Waals surface area contributed by atoms with Crippen LogP contribution in [0.15, 0.2) is 0 Å². The number of hydrogen-bond donors (Lipinski definition) is 1. The SMILES string of the molecule is CCS(=O)CCNC1CSCCC1(C)C. The third kappa shape index (κ3) is 4.45. The Morgan fingerprint density at radius 3 is 2.87 bits per heavy atom. The summed E-state index contributed by atoms with van der Waals surface area (Å²) in [6.45, 7) is 7.55. The van der Waals surface area contributed by atoms with Gasteiger partial charge in [-0.25, -0.2) is 0 Å². The van der Waals surface area contributed by atoms with E-state index in [1.54, 1.807) is 0 Å². The van der Waals surface area contributed by atoms with Gasteiger partial charge in [-0.15, -0.1) is 0 Å². The second kappa shape index (κ2) is 6.26. The maximum atomic E-state index is 11.3. The average Bonchev–Trinajstić information content (AvgIpc) is 2.20. The molecule has 4 heteroatoms. The second-order valence-corrected chi connectivity index (χ2v) is 7.77. The van der Waals surface area contributed by atoms with E-state index in [4.69, 9.17) is 0 Å². The molecule has 1 heterocycles. The average molecular weight is 249 g/mol. The third-order valence-electron chi connectivity index (χ3n) is 3.16. The molecule has 0 bridgehead atoms. The standard InChI is InChI=1S/C11H23NOS2/c1-4-15(13)8-6-12-10-9-14-7-5-11(10,2)3/h10,12H,4-9H2,1-3H3. The molecule has 0 aliphatic carbocycles. The molecule has 0 radical (unpaired) electrons. The molecule has 2 nitrogen and oxygen atoms in total. The van der Waals surface area contributed by atoms with Crippen molar-refractivity contribution in [1.29, 1.82) is 0 Å². The molecule has 15 heavy (non-hydrogen) atoms. The zero-order valence-electron chi connectivity index (χ0n) is 10.0. The van der Waals surface area contributed by atoms with Crippen molar-refractivity contribution in [2.24, 2.45) is 5.41 Å². The van der Waals surface area contributed by atoms with Gasteiger partial charge in [0.05, 0.1) is 0 Å². The van der Waals surface area contributed by atoms with Gasteiger partial charge in [0.15, 0.2) is 0 Å². The zero-order valence-corrected chi connectivity index (χ0v) is 11.7. The van der Waals surface area contributed by atoms with Gasteiger partial charge >= 0.3 is 0 Å². The van der Waals surface area contributed by atoms with E-state index in [2.05, 4.69) is 19.2 Å². The van der Waals surface area contributed by atoms with E-state index in [-0.39, 0.29) is 0 Å². The van der Waals surface area contributed by atoms with Crippen molar-refractivity contribution in [3.63, 3.8) is 0 Å². The van der Waals surface area contributed by atoms with Crippen molar-refractivity contribution >= 4 is 22.6 Å². The molecule has 0 amide bonds. The molecule has 1 saturated heterocycles.